The number of hydrogen-bond donors (Lipinski definition) is 1. The molecule has 0 amide bonds. The van der Waals surface area contributed by atoms with Crippen LogP contribution in [0.1, 0.15) is 32.0 Å². The van der Waals surface area contributed by atoms with Crippen LogP contribution in [0.15, 0.2) is 18.2 Å². The van der Waals surface area contributed by atoms with Crippen molar-refractivity contribution in [3.05, 3.63) is 29.5 Å². The van der Waals surface area contributed by atoms with Crippen molar-refractivity contribution in [3.8, 4) is 0 Å². The standard InChI is InChI=1S/C15H17BF3NO3/c1-14(2,3)23-13(22)20-11-5-8(7-21)4-10(16)9(11)6-12(20)15(17,18)19/h4-6,21H,7,16H2,1-3H3. The highest BCUT2D eigenvalue weighted by Crippen LogP contribution is 2.34. The van der Waals surface area contributed by atoms with Crippen molar-refractivity contribution in [3.63, 3.8) is 0 Å². The van der Waals surface area contributed by atoms with E-state index in [2.05, 4.69) is 0 Å². The summed E-state index contributed by atoms with van der Waals surface area (Å²) in [4.78, 5) is 12.3. The van der Waals surface area contributed by atoms with E-state index in [9.17, 15) is 23.1 Å². The van der Waals surface area contributed by atoms with Gasteiger partial charge in [-0.05, 0) is 43.9 Å². The fraction of sp³-hybridized carbons (Fsp3) is 0.400. The second kappa shape index (κ2) is 5.60. The zero-order valence-electron chi connectivity index (χ0n) is 13.3. The van der Waals surface area contributed by atoms with Gasteiger partial charge in [0.2, 0.25) is 0 Å². The summed E-state index contributed by atoms with van der Waals surface area (Å²) in [5, 5.41) is 9.55. The minimum atomic E-state index is -4.71. The monoisotopic (exact) mass is 327 g/mol. The number of hydrogen-bond acceptors (Lipinski definition) is 3. The maximum absolute atomic E-state index is 13.3. The van der Waals surface area contributed by atoms with Crippen LogP contribution in [0.2, 0.25) is 0 Å². The summed E-state index contributed by atoms with van der Waals surface area (Å²) in [7, 11) is 1.63. The molecule has 4 nitrogen and oxygen atoms in total. The molecule has 0 aliphatic rings. The van der Waals surface area contributed by atoms with Crippen LogP contribution in [-0.4, -0.2) is 29.2 Å². The Morgan fingerprint density at radius 3 is 2.35 bits per heavy atom. The molecular weight excluding hydrogens is 310 g/mol. The molecule has 0 saturated carbocycles. The molecule has 124 valence electrons. The van der Waals surface area contributed by atoms with Gasteiger partial charge < -0.3 is 9.84 Å². The van der Waals surface area contributed by atoms with E-state index in [1.807, 2.05) is 0 Å². The number of carbonyl (C=O) groups is 1. The Bertz CT molecular complexity index is 760. The number of aliphatic hydroxyl groups is 1. The van der Waals surface area contributed by atoms with Gasteiger partial charge in [-0.15, -0.1) is 0 Å². The summed E-state index contributed by atoms with van der Waals surface area (Å²) in [6.07, 6.45) is -5.81. The van der Waals surface area contributed by atoms with Crippen molar-refractivity contribution in [2.45, 2.75) is 39.2 Å². The smallest absolute Gasteiger partial charge is 0.432 e. The maximum atomic E-state index is 13.3. The van der Waals surface area contributed by atoms with Gasteiger partial charge in [-0.3, -0.25) is 0 Å². The third-order valence-corrected chi connectivity index (χ3v) is 3.24. The fourth-order valence-corrected chi connectivity index (χ4v) is 2.36. The minimum Gasteiger partial charge on any atom is -0.443 e. The Hall–Kier alpha value is -1.96. The number of carbonyl (C=O) groups excluding carboxylic acids is 1. The predicted molar refractivity (Wildman–Crippen MR) is 82.7 cm³/mol. The van der Waals surface area contributed by atoms with E-state index in [0.717, 1.165) is 6.07 Å². The van der Waals surface area contributed by atoms with Crippen LogP contribution in [-0.2, 0) is 17.5 Å². The molecule has 0 atom stereocenters. The Morgan fingerprint density at radius 1 is 1.26 bits per heavy atom. The van der Waals surface area contributed by atoms with Gasteiger partial charge in [0.25, 0.3) is 0 Å². The topological polar surface area (TPSA) is 51.5 Å². The van der Waals surface area contributed by atoms with Gasteiger partial charge in [0.1, 0.15) is 19.1 Å². The summed E-state index contributed by atoms with van der Waals surface area (Å²) in [6, 6.07) is 3.87. The molecule has 2 aromatic rings. The molecule has 8 heteroatoms. The Kier molecular flexibility index (Phi) is 4.23. The average molecular weight is 327 g/mol. The number of alkyl halides is 3. The lowest BCUT2D eigenvalue weighted by atomic mass is 9.90. The van der Waals surface area contributed by atoms with Crippen molar-refractivity contribution in [1.82, 2.24) is 4.57 Å². The lowest BCUT2D eigenvalue weighted by molar-refractivity contribution is -0.142. The summed E-state index contributed by atoms with van der Waals surface area (Å²) >= 11 is 0. The summed E-state index contributed by atoms with van der Waals surface area (Å²) in [5.74, 6) is 0. The summed E-state index contributed by atoms with van der Waals surface area (Å²) in [6.45, 7) is 4.40. The second-order valence-corrected chi connectivity index (χ2v) is 6.35. The van der Waals surface area contributed by atoms with Crippen LogP contribution < -0.4 is 5.46 Å². The Balaban J connectivity index is 2.77. The van der Waals surface area contributed by atoms with Crippen molar-refractivity contribution in [2.75, 3.05) is 0 Å². The molecule has 0 bridgehead atoms. The summed E-state index contributed by atoms with van der Waals surface area (Å²) in [5.41, 5.74) is -0.998. The van der Waals surface area contributed by atoms with E-state index in [4.69, 9.17) is 4.74 Å². The highest BCUT2D eigenvalue weighted by atomic mass is 19.4. The number of nitrogens with zero attached hydrogens (tertiary/aromatic N) is 1. The zero-order chi connectivity index (χ0) is 17.6. The lowest BCUT2D eigenvalue weighted by Gasteiger charge is -2.21. The third kappa shape index (κ3) is 3.52. The molecule has 23 heavy (non-hydrogen) atoms. The van der Waals surface area contributed by atoms with Gasteiger partial charge in [0.15, 0.2) is 0 Å². The van der Waals surface area contributed by atoms with Crippen LogP contribution >= 0.6 is 0 Å². The van der Waals surface area contributed by atoms with Crippen molar-refractivity contribution >= 4 is 30.3 Å². The Labute approximate surface area is 132 Å². The quantitative estimate of drug-likeness (QED) is 0.817. The van der Waals surface area contributed by atoms with Gasteiger partial charge in [-0.25, -0.2) is 9.36 Å². The number of aliphatic hydroxyl groups excluding tert-OH is 1. The van der Waals surface area contributed by atoms with Crippen LogP contribution in [0, 0.1) is 0 Å². The van der Waals surface area contributed by atoms with Crippen LogP contribution in [0.3, 0.4) is 0 Å². The van der Waals surface area contributed by atoms with Gasteiger partial charge in [-0.1, -0.05) is 11.5 Å². The molecule has 0 saturated heterocycles. The van der Waals surface area contributed by atoms with Gasteiger partial charge in [0, 0.05) is 0 Å². The molecule has 0 unspecified atom stereocenters. The van der Waals surface area contributed by atoms with E-state index in [1.54, 1.807) is 34.7 Å². The largest absolute Gasteiger partial charge is 0.443 e. The van der Waals surface area contributed by atoms with Gasteiger partial charge in [-0.2, -0.15) is 13.2 Å². The van der Waals surface area contributed by atoms with Crippen molar-refractivity contribution in [1.29, 1.82) is 0 Å². The zero-order valence-corrected chi connectivity index (χ0v) is 13.3. The maximum Gasteiger partial charge on any atom is 0.432 e. The van der Waals surface area contributed by atoms with E-state index in [-0.39, 0.29) is 12.1 Å². The van der Waals surface area contributed by atoms with E-state index in [0.29, 0.717) is 21.0 Å². The van der Waals surface area contributed by atoms with Crippen LogP contribution in [0.5, 0.6) is 0 Å². The van der Waals surface area contributed by atoms with Crippen molar-refractivity contribution < 1.29 is 27.8 Å². The SMILES string of the molecule is Bc1cc(CO)cc2c1cc(C(F)(F)F)n2C(=O)OC(C)(C)C. The molecule has 2 rings (SSSR count). The number of aromatic nitrogens is 1. The first kappa shape index (κ1) is 17.4. The Morgan fingerprint density at radius 2 is 1.87 bits per heavy atom. The summed E-state index contributed by atoms with van der Waals surface area (Å²) < 4.78 is 45.6. The molecular formula is C15H17BF3NO3. The molecule has 0 fully saturated rings. The third-order valence-electron chi connectivity index (χ3n) is 3.24. The van der Waals surface area contributed by atoms with Crippen LogP contribution in [0.25, 0.3) is 10.9 Å². The fourth-order valence-electron chi connectivity index (χ4n) is 2.36. The van der Waals surface area contributed by atoms with Crippen LogP contribution in [0.4, 0.5) is 18.0 Å². The first-order chi connectivity index (χ1) is 10.4. The molecule has 1 aromatic heterocycles. The first-order valence-electron chi connectivity index (χ1n) is 7.00. The lowest BCUT2D eigenvalue weighted by Crippen LogP contribution is -2.29. The molecule has 0 aliphatic carbocycles. The van der Waals surface area contributed by atoms with E-state index < -0.39 is 23.6 Å². The number of benzene rings is 1. The van der Waals surface area contributed by atoms with Crippen molar-refractivity contribution in [2.24, 2.45) is 0 Å². The predicted octanol–water partition coefficient (Wildman–Crippen LogP) is 2.19. The highest BCUT2D eigenvalue weighted by Gasteiger charge is 2.38. The van der Waals surface area contributed by atoms with Gasteiger partial charge >= 0.3 is 12.3 Å². The molecule has 1 N–H and O–H groups in total. The molecule has 0 spiro atoms. The second-order valence-electron chi connectivity index (χ2n) is 6.35. The number of rotatable bonds is 1. The average Bonchev–Trinajstić information content (AvgIpc) is 2.76. The van der Waals surface area contributed by atoms with E-state index >= 15 is 0 Å². The van der Waals surface area contributed by atoms with E-state index in [1.165, 1.54) is 6.07 Å². The molecule has 0 aliphatic heterocycles. The minimum absolute atomic E-state index is 0.0654. The normalized spacial score (nSPS) is 12.7. The first-order valence-corrected chi connectivity index (χ1v) is 7.00. The van der Waals surface area contributed by atoms with Gasteiger partial charge in [0.05, 0.1) is 12.1 Å². The highest BCUT2D eigenvalue weighted by molar-refractivity contribution is 6.39. The number of halogens is 3. The number of fused-ring (bicyclic) bond motifs is 1. The molecule has 1 aromatic carbocycles. The molecule has 0 radical (unpaired) electrons. The number of ether oxygens (including phenoxy) is 1. The molecule has 1 heterocycles.